The molecule has 19 heavy (non-hydrogen) atoms. The Balaban J connectivity index is 0. The first-order valence-corrected chi connectivity index (χ1v) is 3.95. The second-order valence-electron chi connectivity index (χ2n) is 3.12. The Bertz CT molecular complexity index is 321. The zero-order chi connectivity index (χ0) is 16.3. The number of rotatable bonds is 0. The maximum absolute atomic E-state index is 11.7. The second kappa shape index (κ2) is 5.45. The van der Waals surface area contributed by atoms with E-state index in [0.717, 1.165) is 0 Å². The van der Waals surface area contributed by atoms with Gasteiger partial charge in [0.1, 0.15) is 0 Å². The first-order valence-electron chi connectivity index (χ1n) is 3.95. The van der Waals surface area contributed by atoms with E-state index >= 15 is 0 Å². The summed E-state index contributed by atoms with van der Waals surface area (Å²) in [6.07, 6.45) is -27.3. The molecule has 0 saturated carbocycles. The summed E-state index contributed by atoms with van der Waals surface area (Å²) in [5.74, 6) is -0.760. The van der Waals surface area contributed by atoms with Gasteiger partial charge in [-0.1, -0.05) is 0 Å². The Labute approximate surface area is 99.1 Å². The van der Waals surface area contributed by atoms with Gasteiger partial charge in [0.2, 0.25) is 0 Å². The molecule has 0 amide bonds. The summed E-state index contributed by atoms with van der Waals surface area (Å²) in [4.78, 5) is 0. The van der Waals surface area contributed by atoms with E-state index in [4.69, 9.17) is 5.26 Å². The van der Waals surface area contributed by atoms with Crippen LogP contribution in [0.5, 0.6) is 0 Å². The molecule has 0 radical (unpaired) electrons. The Morgan fingerprint density at radius 3 is 1.00 bits per heavy atom. The Hall–Kier alpha value is -1.81. The van der Waals surface area contributed by atoms with E-state index in [1.807, 2.05) is 0 Å². The number of nitriles is 1. The molecule has 112 valence electrons. The van der Waals surface area contributed by atoms with Crippen molar-refractivity contribution in [3.63, 3.8) is 0 Å². The zero-order valence-electron chi connectivity index (χ0n) is 8.66. The smallest absolute Gasteiger partial charge is 0.291 e. The van der Waals surface area contributed by atoms with Crippen molar-refractivity contribution >= 4 is 12.1 Å². The van der Waals surface area contributed by atoms with Crippen molar-refractivity contribution in [1.29, 1.82) is 5.26 Å². The fourth-order valence-electron chi connectivity index (χ4n) is 0.776. The highest BCUT2D eigenvalue weighted by atomic mass is 19.4. The number of guanidine groups is 1. The maximum atomic E-state index is 11.7. The molecule has 0 aliphatic rings. The number of nitrogens with two attached hydrogens (primary N) is 3. The predicted molar refractivity (Wildman–Crippen MR) is 44.8 cm³/mol. The van der Waals surface area contributed by atoms with Gasteiger partial charge in [0, 0.05) is 0 Å². The van der Waals surface area contributed by atoms with Crippen molar-refractivity contribution in [3.8, 4) is 5.97 Å². The Morgan fingerprint density at radius 1 is 0.842 bits per heavy atom. The SMILES string of the molecule is N#C[B-](C(F)(F)F)(C(F)(F)F)C(F)(F)F.NC(N)=[NH2+]. The third-order valence-corrected chi connectivity index (χ3v) is 1.67. The maximum Gasteiger partial charge on any atom is 0.436 e. The van der Waals surface area contributed by atoms with Crippen LogP contribution >= 0.6 is 0 Å². The molecule has 6 N–H and O–H groups in total. The molecule has 0 rings (SSSR count). The van der Waals surface area contributed by atoms with Crippen LogP contribution in [0.4, 0.5) is 39.5 Å². The quantitative estimate of drug-likeness (QED) is 0.250. The first kappa shape index (κ1) is 19.5. The van der Waals surface area contributed by atoms with Gasteiger partial charge in [-0.2, -0.15) is 0 Å². The summed E-state index contributed by atoms with van der Waals surface area (Å²) in [6.45, 7) is 0. The minimum Gasteiger partial charge on any atom is -0.291 e. The number of hydrogen-bond donors (Lipinski definition) is 3. The molecule has 0 aromatic rings. The van der Waals surface area contributed by atoms with Crippen LogP contribution < -0.4 is 16.9 Å². The van der Waals surface area contributed by atoms with Crippen LogP contribution in [0.3, 0.4) is 0 Å². The van der Waals surface area contributed by atoms with Gasteiger partial charge in [-0.15, -0.1) is 5.97 Å². The summed E-state index contributed by atoms with van der Waals surface area (Å²) in [6, 6.07) is 0. The molecule has 0 unspecified atom stereocenters. The number of alkyl halides is 9. The van der Waals surface area contributed by atoms with Gasteiger partial charge >= 0.3 is 12.1 Å². The van der Waals surface area contributed by atoms with E-state index in [-0.39, 0.29) is 5.96 Å². The average molecular weight is 304 g/mol. The Morgan fingerprint density at radius 2 is 1.00 bits per heavy atom. The van der Waals surface area contributed by atoms with Crippen molar-refractivity contribution in [2.24, 2.45) is 11.5 Å². The van der Waals surface area contributed by atoms with Crippen LogP contribution in [-0.2, 0) is 0 Å². The number of nitrogens with zero attached hydrogens (tertiary/aromatic N) is 1. The van der Waals surface area contributed by atoms with E-state index in [1.54, 1.807) is 0 Å². The standard InChI is InChI=1S/C4BF9N.CH5N3/c6-2(7,8)5(1-15,3(9,10)11)4(12,13)14;2-1(3)4/h;(H5,2,3,4)/q-1;/p+1. The average Bonchev–Trinajstić information content (AvgIpc) is 1.94. The summed E-state index contributed by atoms with van der Waals surface area (Å²) >= 11 is 0. The monoisotopic (exact) mass is 304 g/mol. The minimum absolute atomic E-state index is 0.0833. The van der Waals surface area contributed by atoms with E-state index in [1.165, 1.54) is 0 Å². The van der Waals surface area contributed by atoms with Crippen molar-refractivity contribution in [3.05, 3.63) is 0 Å². The lowest BCUT2D eigenvalue weighted by Gasteiger charge is -2.38. The molecule has 0 aromatic heterocycles. The van der Waals surface area contributed by atoms with Gasteiger partial charge in [-0.05, 0) is 0 Å². The number of hydrogen-bond acceptors (Lipinski definition) is 1. The fourth-order valence-corrected chi connectivity index (χ4v) is 0.776. The van der Waals surface area contributed by atoms with Gasteiger partial charge < -0.3 is 0 Å². The summed E-state index contributed by atoms with van der Waals surface area (Å²) in [7, 11) is 0. The van der Waals surface area contributed by atoms with Crippen LogP contribution in [0.1, 0.15) is 0 Å². The minimum atomic E-state index is -7.12. The van der Waals surface area contributed by atoms with Crippen LogP contribution in [-0.4, -0.2) is 30.3 Å². The lowest BCUT2D eigenvalue weighted by atomic mass is 9.23. The predicted octanol–water partition coefficient (Wildman–Crippen LogP) is -0.179. The van der Waals surface area contributed by atoms with Crippen LogP contribution in [0, 0.1) is 11.2 Å². The lowest BCUT2D eigenvalue weighted by Crippen LogP contribution is -2.71. The van der Waals surface area contributed by atoms with Crippen molar-refractivity contribution in [1.82, 2.24) is 0 Å². The highest BCUT2D eigenvalue weighted by Crippen LogP contribution is 2.49. The second-order valence-corrected chi connectivity index (χ2v) is 3.12. The normalized spacial score (nSPS) is 13.1. The summed E-state index contributed by atoms with van der Waals surface area (Å²) in [5.41, 5.74) is 9.17. The summed E-state index contributed by atoms with van der Waals surface area (Å²) < 4.78 is 106. The van der Waals surface area contributed by atoms with Crippen LogP contribution in [0.25, 0.3) is 0 Å². The Kier molecular flexibility index (Phi) is 5.60. The topological polar surface area (TPSA) is 101 Å². The van der Waals surface area contributed by atoms with E-state index in [2.05, 4.69) is 16.9 Å². The molecular formula is C5H6BF9N4. The third-order valence-electron chi connectivity index (χ3n) is 1.67. The molecule has 0 saturated heterocycles. The molecule has 0 aromatic carbocycles. The third kappa shape index (κ3) is 4.10. The highest BCUT2D eigenvalue weighted by Gasteiger charge is 2.80. The van der Waals surface area contributed by atoms with Gasteiger partial charge in [-0.25, -0.2) is 44.8 Å². The molecule has 0 bridgehead atoms. The largest absolute Gasteiger partial charge is 0.436 e. The summed E-state index contributed by atoms with van der Waals surface area (Å²) in [5, 5.41) is 12.2. The van der Waals surface area contributed by atoms with Crippen molar-refractivity contribution < 1.29 is 44.9 Å². The van der Waals surface area contributed by atoms with Crippen molar-refractivity contribution in [2.45, 2.75) is 18.2 Å². The first-order chi connectivity index (χ1) is 8.04. The lowest BCUT2D eigenvalue weighted by molar-refractivity contribution is -0.159. The molecule has 0 aliphatic carbocycles. The van der Waals surface area contributed by atoms with E-state index in [0.29, 0.717) is 0 Å². The van der Waals surface area contributed by atoms with E-state index < -0.39 is 30.3 Å². The fraction of sp³-hybridized carbons (Fsp3) is 0.600. The highest BCUT2D eigenvalue weighted by molar-refractivity contribution is 6.91. The van der Waals surface area contributed by atoms with Gasteiger partial charge in [-0.3, -0.25) is 16.9 Å². The van der Waals surface area contributed by atoms with Gasteiger partial charge in [0.05, 0.1) is 0 Å². The van der Waals surface area contributed by atoms with Crippen molar-refractivity contribution in [2.75, 3.05) is 0 Å². The zero-order valence-corrected chi connectivity index (χ0v) is 8.66. The van der Waals surface area contributed by atoms with E-state index in [9.17, 15) is 39.5 Å². The molecule has 0 fully saturated rings. The molecule has 0 spiro atoms. The molecular weight excluding hydrogens is 298 g/mol. The van der Waals surface area contributed by atoms with Gasteiger partial charge in [0.25, 0.3) is 18.2 Å². The molecule has 0 aliphatic heterocycles. The number of halogens is 9. The van der Waals surface area contributed by atoms with Gasteiger partial charge in [0.15, 0.2) is 0 Å². The van der Waals surface area contributed by atoms with Crippen LogP contribution in [0.15, 0.2) is 0 Å². The molecule has 0 atom stereocenters. The molecule has 14 heteroatoms. The molecule has 0 heterocycles. The molecule has 4 nitrogen and oxygen atoms in total. The van der Waals surface area contributed by atoms with Crippen LogP contribution in [0.2, 0.25) is 0 Å².